The number of Topliss-reactive ketones (excluding diaryl/α,β-unsaturated/α-hetero) is 1. The van der Waals surface area contributed by atoms with E-state index in [2.05, 4.69) is 21.3 Å². The normalized spacial score (nSPS) is 16.2. The third-order valence-corrected chi connectivity index (χ3v) is 5.37. The van der Waals surface area contributed by atoms with E-state index in [0.717, 1.165) is 13.8 Å². The molecule has 0 aliphatic rings. The summed E-state index contributed by atoms with van der Waals surface area (Å²) in [5.41, 5.74) is 5.28. The molecule has 5 amide bonds. The van der Waals surface area contributed by atoms with Crippen LogP contribution in [0.25, 0.3) is 0 Å². The SMILES string of the molecule is CCC(NC(=O)O[C@@H]([C@H](O)[C@H](O)CO)[C@@H](NC(C)=O)C(C)=O)C(=O)NC(CCC(=O)NC(C)C(=O)O)C(N)=O. The number of primary amides is 1. The first-order valence-corrected chi connectivity index (χ1v) is 11.9. The number of aliphatic hydroxyl groups excluding tert-OH is 3. The molecule has 7 atom stereocenters. The number of carboxylic acid groups (broad SMARTS) is 1. The molecule has 0 aromatic carbocycles. The maximum absolute atomic E-state index is 12.7. The summed E-state index contributed by atoms with van der Waals surface area (Å²) in [5.74, 6) is -5.42. The zero-order valence-corrected chi connectivity index (χ0v) is 22.0. The number of alkyl carbamates (subject to hydrolysis) is 1. The van der Waals surface area contributed by atoms with Crippen LogP contribution in [-0.2, 0) is 33.5 Å². The predicted molar refractivity (Wildman–Crippen MR) is 130 cm³/mol. The van der Waals surface area contributed by atoms with Gasteiger partial charge in [0.15, 0.2) is 11.9 Å². The number of nitrogens with one attached hydrogen (secondary N) is 4. The molecule has 0 fully saturated rings. The van der Waals surface area contributed by atoms with Gasteiger partial charge in [0, 0.05) is 13.3 Å². The fourth-order valence-corrected chi connectivity index (χ4v) is 3.16. The first-order valence-electron chi connectivity index (χ1n) is 11.9. The van der Waals surface area contributed by atoms with Gasteiger partial charge in [-0.3, -0.25) is 28.8 Å². The standard InChI is InChI=1S/C22H37N5O12/c1-5-12(20(35)26-13(19(23)34)6-7-15(32)24-9(2)21(36)37)27-22(38)39-18(17(33)14(31)8-28)16(10(3)29)25-11(4)30/h9,12-14,16-18,28,31,33H,5-8H2,1-4H3,(H2,23,34)(H,24,32)(H,25,30)(H,26,35)(H,27,38)(H,36,37)/t9?,12?,13?,14-,16+,17-,18-/m1/s1. The number of aliphatic hydroxyl groups is 3. The molecule has 0 saturated carbocycles. The van der Waals surface area contributed by atoms with Crippen molar-refractivity contribution in [2.75, 3.05) is 6.61 Å². The molecular weight excluding hydrogens is 526 g/mol. The summed E-state index contributed by atoms with van der Waals surface area (Å²) in [6, 6.07) is -5.52. The van der Waals surface area contributed by atoms with Crippen LogP contribution in [-0.4, -0.2) is 111 Å². The lowest BCUT2D eigenvalue weighted by Gasteiger charge is -2.31. The third kappa shape index (κ3) is 12.5. The maximum Gasteiger partial charge on any atom is 0.408 e. The fraction of sp³-hybridized carbons (Fsp3) is 0.682. The molecule has 0 aromatic rings. The highest BCUT2D eigenvalue weighted by Gasteiger charge is 2.39. The summed E-state index contributed by atoms with van der Waals surface area (Å²) < 4.78 is 5.05. The van der Waals surface area contributed by atoms with Crippen molar-refractivity contribution in [1.29, 1.82) is 0 Å². The Bertz CT molecular complexity index is 914. The molecule has 0 aliphatic heterocycles. The van der Waals surface area contributed by atoms with Crippen LogP contribution in [0, 0.1) is 0 Å². The second kappa shape index (κ2) is 16.9. The van der Waals surface area contributed by atoms with Crippen LogP contribution >= 0.6 is 0 Å². The third-order valence-electron chi connectivity index (χ3n) is 5.37. The van der Waals surface area contributed by atoms with E-state index in [9.17, 15) is 43.8 Å². The van der Waals surface area contributed by atoms with Crippen molar-refractivity contribution in [3.8, 4) is 0 Å². The van der Waals surface area contributed by atoms with Crippen LogP contribution < -0.4 is 27.0 Å². The van der Waals surface area contributed by atoms with Crippen molar-refractivity contribution in [3.05, 3.63) is 0 Å². The summed E-state index contributed by atoms with van der Waals surface area (Å²) in [7, 11) is 0. The lowest BCUT2D eigenvalue weighted by Crippen LogP contribution is -2.59. The molecule has 10 N–H and O–H groups in total. The highest BCUT2D eigenvalue weighted by Crippen LogP contribution is 2.12. The number of nitrogens with two attached hydrogens (primary N) is 1. The largest absolute Gasteiger partial charge is 0.480 e. The predicted octanol–water partition coefficient (Wildman–Crippen LogP) is -3.99. The van der Waals surface area contributed by atoms with Crippen molar-refractivity contribution in [3.63, 3.8) is 0 Å². The number of amides is 5. The van der Waals surface area contributed by atoms with E-state index < -0.39 is 90.6 Å². The van der Waals surface area contributed by atoms with Crippen LogP contribution in [0.3, 0.4) is 0 Å². The van der Waals surface area contributed by atoms with Crippen LogP contribution in [0.5, 0.6) is 0 Å². The number of ketones is 1. The van der Waals surface area contributed by atoms with Crippen molar-refractivity contribution < 1.29 is 58.7 Å². The summed E-state index contributed by atoms with van der Waals surface area (Å²) >= 11 is 0. The smallest absolute Gasteiger partial charge is 0.408 e. The van der Waals surface area contributed by atoms with Gasteiger partial charge < -0.3 is 52.2 Å². The number of carboxylic acids is 1. The van der Waals surface area contributed by atoms with Crippen LogP contribution in [0.1, 0.15) is 47.0 Å². The van der Waals surface area contributed by atoms with Gasteiger partial charge in [-0.05, 0) is 26.7 Å². The van der Waals surface area contributed by atoms with Gasteiger partial charge in [-0.1, -0.05) is 6.92 Å². The minimum atomic E-state index is -2.02. The summed E-state index contributed by atoms with van der Waals surface area (Å²) in [6.07, 6.45) is -7.83. The average Bonchev–Trinajstić information content (AvgIpc) is 2.85. The molecule has 0 aromatic heterocycles. The van der Waals surface area contributed by atoms with Gasteiger partial charge in [-0.2, -0.15) is 0 Å². The number of rotatable bonds is 17. The Morgan fingerprint density at radius 3 is 1.95 bits per heavy atom. The monoisotopic (exact) mass is 563 g/mol. The highest BCUT2D eigenvalue weighted by atomic mass is 16.6. The molecular formula is C22H37N5O12. The van der Waals surface area contributed by atoms with Gasteiger partial charge in [0.05, 0.1) is 6.61 Å². The Morgan fingerprint density at radius 2 is 1.51 bits per heavy atom. The number of carbonyl (C=O) groups is 7. The molecule has 0 radical (unpaired) electrons. The maximum atomic E-state index is 12.7. The first-order chi connectivity index (χ1) is 18.0. The first kappa shape index (κ1) is 35.2. The Labute approximate surface area is 223 Å². The van der Waals surface area contributed by atoms with Gasteiger partial charge in [-0.15, -0.1) is 0 Å². The van der Waals surface area contributed by atoms with Crippen molar-refractivity contribution in [2.24, 2.45) is 5.73 Å². The fourth-order valence-electron chi connectivity index (χ4n) is 3.16. The lowest BCUT2D eigenvalue weighted by molar-refractivity contribution is -0.141. The van der Waals surface area contributed by atoms with Crippen LogP contribution in [0.4, 0.5) is 4.79 Å². The van der Waals surface area contributed by atoms with E-state index in [1.165, 1.54) is 13.8 Å². The van der Waals surface area contributed by atoms with E-state index in [1.54, 1.807) is 0 Å². The molecule has 0 bridgehead atoms. The molecule has 0 rings (SSSR count). The Hall–Kier alpha value is -3.83. The average molecular weight is 564 g/mol. The minimum Gasteiger partial charge on any atom is -0.480 e. The number of aliphatic carboxylic acids is 1. The second-order valence-electron chi connectivity index (χ2n) is 8.63. The van der Waals surface area contributed by atoms with Gasteiger partial charge >= 0.3 is 12.1 Å². The van der Waals surface area contributed by atoms with E-state index in [-0.39, 0.29) is 19.3 Å². The topological polar surface area (TPSA) is 284 Å². The summed E-state index contributed by atoms with van der Waals surface area (Å²) in [5, 5.41) is 46.9. The second-order valence-corrected chi connectivity index (χ2v) is 8.63. The lowest BCUT2D eigenvalue weighted by atomic mass is 9.98. The van der Waals surface area contributed by atoms with E-state index in [1.807, 2.05) is 0 Å². The van der Waals surface area contributed by atoms with E-state index in [0.29, 0.717) is 0 Å². The zero-order valence-electron chi connectivity index (χ0n) is 22.0. The van der Waals surface area contributed by atoms with Gasteiger partial charge in [0.25, 0.3) is 0 Å². The molecule has 17 heteroatoms. The minimum absolute atomic E-state index is 0.0582. The Balaban J connectivity index is 5.48. The molecule has 0 heterocycles. The highest BCUT2D eigenvalue weighted by molar-refractivity contribution is 5.91. The van der Waals surface area contributed by atoms with E-state index >= 15 is 0 Å². The molecule has 17 nitrogen and oxygen atoms in total. The number of hydrogen-bond donors (Lipinski definition) is 9. The van der Waals surface area contributed by atoms with Crippen LogP contribution in [0.15, 0.2) is 0 Å². The number of hydrogen-bond acceptors (Lipinski definition) is 11. The molecule has 39 heavy (non-hydrogen) atoms. The van der Waals surface area contributed by atoms with Gasteiger partial charge in [0.2, 0.25) is 23.6 Å². The van der Waals surface area contributed by atoms with Gasteiger partial charge in [-0.25, -0.2) is 4.79 Å². The summed E-state index contributed by atoms with van der Waals surface area (Å²) in [4.78, 5) is 83.3. The van der Waals surface area contributed by atoms with Gasteiger partial charge in [0.1, 0.15) is 36.4 Å². The van der Waals surface area contributed by atoms with E-state index in [4.69, 9.17) is 20.7 Å². The number of ether oxygens (including phenoxy) is 1. The zero-order chi connectivity index (χ0) is 30.4. The molecule has 3 unspecified atom stereocenters. The Kier molecular flexibility index (Phi) is 15.2. The van der Waals surface area contributed by atoms with Crippen molar-refractivity contribution in [2.45, 2.75) is 89.4 Å². The quantitative estimate of drug-likeness (QED) is 0.0818. The van der Waals surface area contributed by atoms with Crippen LogP contribution in [0.2, 0.25) is 0 Å². The number of carbonyl (C=O) groups excluding carboxylic acids is 6. The van der Waals surface area contributed by atoms with Crippen molar-refractivity contribution in [1.82, 2.24) is 21.3 Å². The molecule has 0 aliphatic carbocycles. The summed E-state index contributed by atoms with van der Waals surface area (Å²) in [6.45, 7) is 3.79. The van der Waals surface area contributed by atoms with Crippen molar-refractivity contribution >= 4 is 41.5 Å². The Morgan fingerprint density at radius 1 is 0.923 bits per heavy atom. The molecule has 0 saturated heterocycles. The molecule has 0 spiro atoms. The molecule has 222 valence electrons.